The lowest BCUT2D eigenvalue weighted by molar-refractivity contribution is -0.143. The highest BCUT2D eigenvalue weighted by molar-refractivity contribution is 8.78. The van der Waals surface area contributed by atoms with Crippen molar-refractivity contribution in [3.63, 3.8) is 0 Å². The molecule has 0 spiro atoms. The van der Waals surface area contributed by atoms with Gasteiger partial charge in [0.05, 0.1) is 5.25 Å². The SMILES string of the molecule is CCCCCCCCCCCCSSCC(COC(=O)CCCN(C)C)SSCCCCCCCCCCCC. The average Bonchev–Trinajstić information content (AvgIpc) is 2.94. The van der Waals surface area contributed by atoms with Crippen LogP contribution < -0.4 is 0 Å². The number of carbonyl (C=O) groups excluding carboxylic acids is 1. The number of nitrogens with zero attached hydrogens (tertiary/aromatic N) is 1. The number of carbonyl (C=O) groups is 1. The van der Waals surface area contributed by atoms with Crippen LogP contribution in [-0.4, -0.2) is 60.6 Å². The molecule has 0 aromatic carbocycles. The second-order valence-corrected chi connectivity index (χ2v) is 17.0. The van der Waals surface area contributed by atoms with Crippen molar-refractivity contribution < 1.29 is 9.53 Å². The minimum Gasteiger partial charge on any atom is -0.464 e. The quantitative estimate of drug-likeness (QED) is 0.0402. The molecule has 0 bridgehead atoms. The van der Waals surface area contributed by atoms with Gasteiger partial charge in [0.15, 0.2) is 0 Å². The first-order chi connectivity index (χ1) is 19.6. The smallest absolute Gasteiger partial charge is 0.305 e. The third-order valence-corrected chi connectivity index (χ3v) is 12.8. The van der Waals surface area contributed by atoms with Gasteiger partial charge in [0.25, 0.3) is 0 Å². The van der Waals surface area contributed by atoms with E-state index in [1.165, 1.54) is 140 Å². The fraction of sp³-hybridized carbons (Fsp3) is 0.970. The normalized spacial score (nSPS) is 12.3. The van der Waals surface area contributed by atoms with Crippen LogP contribution in [0.4, 0.5) is 0 Å². The molecule has 40 heavy (non-hydrogen) atoms. The molecule has 0 N–H and O–H groups in total. The molecule has 0 aliphatic rings. The highest BCUT2D eigenvalue weighted by Gasteiger charge is 2.14. The predicted molar refractivity (Wildman–Crippen MR) is 191 cm³/mol. The fourth-order valence-electron chi connectivity index (χ4n) is 4.53. The molecule has 1 unspecified atom stereocenters. The van der Waals surface area contributed by atoms with Crippen LogP contribution in [0.1, 0.15) is 155 Å². The zero-order valence-electron chi connectivity index (χ0n) is 27.1. The number of esters is 1. The summed E-state index contributed by atoms with van der Waals surface area (Å²) in [6.45, 7) is 6.07. The van der Waals surface area contributed by atoms with Crippen LogP contribution in [0.25, 0.3) is 0 Å². The molecule has 0 aromatic rings. The molecule has 240 valence electrons. The van der Waals surface area contributed by atoms with Crippen LogP contribution in [0.15, 0.2) is 0 Å². The van der Waals surface area contributed by atoms with Gasteiger partial charge in [-0.15, -0.1) is 0 Å². The van der Waals surface area contributed by atoms with E-state index in [-0.39, 0.29) is 5.97 Å². The molecule has 0 fully saturated rings. The summed E-state index contributed by atoms with van der Waals surface area (Å²) in [6.07, 6.45) is 29.3. The molecule has 0 aromatic heterocycles. The highest BCUT2D eigenvalue weighted by atomic mass is 33.1. The topological polar surface area (TPSA) is 29.5 Å². The van der Waals surface area contributed by atoms with Gasteiger partial charge in [-0.2, -0.15) is 0 Å². The molecule has 0 aliphatic heterocycles. The van der Waals surface area contributed by atoms with Gasteiger partial charge in [0, 0.05) is 23.7 Å². The number of unbranched alkanes of at least 4 members (excludes halogenated alkanes) is 18. The maximum absolute atomic E-state index is 12.2. The molecule has 1 atom stereocenters. The van der Waals surface area contributed by atoms with Crippen LogP contribution in [0.5, 0.6) is 0 Å². The molecular weight excluding hydrogens is 571 g/mol. The van der Waals surface area contributed by atoms with E-state index < -0.39 is 0 Å². The summed E-state index contributed by atoms with van der Waals surface area (Å²) in [4.78, 5) is 14.3. The maximum atomic E-state index is 12.2. The van der Waals surface area contributed by atoms with Gasteiger partial charge in [0.1, 0.15) is 6.61 Å². The molecule has 0 radical (unpaired) electrons. The molecular formula is C33H67NO2S4. The van der Waals surface area contributed by atoms with Crippen molar-refractivity contribution in [2.75, 3.05) is 44.5 Å². The van der Waals surface area contributed by atoms with Crippen molar-refractivity contribution in [2.24, 2.45) is 0 Å². The molecule has 0 aliphatic carbocycles. The first-order valence-electron chi connectivity index (χ1n) is 16.9. The van der Waals surface area contributed by atoms with Gasteiger partial charge in [-0.1, -0.05) is 173 Å². The van der Waals surface area contributed by atoms with E-state index in [0.29, 0.717) is 18.3 Å². The Morgan fingerprint density at radius 2 is 1.05 bits per heavy atom. The van der Waals surface area contributed by atoms with Gasteiger partial charge < -0.3 is 9.64 Å². The second-order valence-electron chi connectivity index (χ2n) is 11.6. The molecule has 7 heteroatoms. The van der Waals surface area contributed by atoms with Crippen LogP contribution in [-0.2, 0) is 9.53 Å². The predicted octanol–water partition coefficient (Wildman–Crippen LogP) is 11.8. The summed E-state index contributed by atoms with van der Waals surface area (Å²) in [6, 6.07) is 0. The zero-order valence-corrected chi connectivity index (χ0v) is 30.3. The van der Waals surface area contributed by atoms with Gasteiger partial charge in [-0.3, -0.25) is 4.79 Å². The maximum Gasteiger partial charge on any atom is 0.305 e. The standard InChI is InChI=1S/C33H67NO2S4/c1-5-7-9-11-13-15-17-19-21-23-28-37-39-31-32(30-36-33(35)26-25-27-34(3)4)40-38-29-24-22-20-18-16-14-12-10-8-6-2/h32H,5-31H2,1-4H3. The van der Waals surface area contributed by atoms with Crippen LogP contribution in [0.3, 0.4) is 0 Å². The monoisotopic (exact) mass is 637 g/mol. The van der Waals surface area contributed by atoms with Gasteiger partial charge in [-0.05, 0) is 39.9 Å². The molecule has 0 rings (SSSR count). The van der Waals surface area contributed by atoms with Crippen molar-refractivity contribution in [2.45, 2.75) is 160 Å². The lowest BCUT2D eigenvalue weighted by Crippen LogP contribution is -2.19. The van der Waals surface area contributed by atoms with Crippen LogP contribution >= 0.6 is 43.2 Å². The van der Waals surface area contributed by atoms with E-state index in [4.69, 9.17) is 4.74 Å². The molecule has 0 saturated carbocycles. The van der Waals surface area contributed by atoms with Gasteiger partial charge >= 0.3 is 5.97 Å². The molecule has 0 heterocycles. The highest BCUT2D eigenvalue weighted by Crippen LogP contribution is 2.34. The molecule has 3 nitrogen and oxygen atoms in total. The van der Waals surface area contributed by atoms with Gasteiger partial charge in [0.2, 0.25) is 0 Å². The number of hydrogen-bond donors (Lipinski definition) is 0. The Hall–Kier alpha value is 0.830. The summed E-state index contributed by atoms with van der Waals surface area (Å²) in [5, 5.41) is 0.385. The summed E-state index contributed by atoms with van der Waals surface area (Å²) in [7, 11) is 12.0. The largest absolute Gasteiger partial charge is 0.464 e. The number of hydrogen-bond acceptors (Lipinski definition) is 7. The lowest BCUT2D eigenvalue weighted by Gasteiger charge is -2.16. The summed E-state index contributed by atoms with van der Waals surface area (Å²) in [5.74, 6) is 3.48. The Labute approximate surface area is 267 Å². The zero-order chi connectivity index (χ0) is 29.4. The summed E-state index contributed by atoms with van der Waals surface area (Å²) < 4.78 is 5.69. The van der Waals surface area contributed by atoms with E-state index in [1.54, 1.807) is 0 Å². The van der Waals surface area contributed by atoms with Crippen molar-refractivity contribution in [3.8, 4) is 0 Å². The van der Waals surface area contributed by atoms with Crippen molar-refractivity contribution in [3.05, 3.63) is 0 Å². The van der Waals surface area contributed by atoms with E-state index >= 15 is 0 Å². The first-order valence-corrected chi connectivity index (χ1v) is 21.8. The Morgan fingerprint density at radius 1 is 0.600 bits per heavy atom. The van der Waals surface area contributed by atoms with E-state index in [2.05, 4.69) is 18.7 Å². The molecule has 0 saturated heterocycles. The Morgan fingerprint density at radius 3 is 1.52 bits per heavy atom. The van der Waals surface area contributed by atoms with Gasteiger partial charge in [-0.25, -0.2) is 0 Å². The van der Waals surface area contributed by atoms with Crippen molar-refractivity contribution in [1.29, 1.82) is 0 Å². The van der Waals surface area contributed by atoms with E-state index in [9.17, 15) is 4.79 Å². The summed E-state index contributed by atoms with van der Waals surface area (Å²) >= 11 is 0. The fourth-order valence-corrected chi connectivity index (χ4v) is 10.1. The van der Waals surface area contributed by atoms with Crippen LogP contribution in [0, 0.1) is 0 Å². The number of rotatable bonds is 33. The Kier molecular flexibility index (Phi) is 35.0. The third kappa shape index (κ3) is 33.3. The van der Waals surface area contributed by atoms with E-state index in [1.807, 2.05) is 57.3 Å². The minimum absolute atomic E-state index is 0.0323. The van der Waals surface area contributed by atoms with Crippen molar-refractivity contribution >= 4 is 49.1 Å². The van der Waals surface area contributed by atoms with Crippen molar-refractivity contribution in [1.82, 2.24) is 4.90 Å². The third-order valence-electron chi connectivity index (χ3n) is 7.12. The molecule has 0 amide bonds. The average molecular weight is 638 g/mol. The minimum atomic E-state index is -0.0323. The Bertz CT molecular complexity index is 511. The first kappa shape index (κ1) is 40.8. The lowest BCUT2D eigenvalue weighted by atomic mass is 10.1. The second kappa shape index (κ2) is 34.3. The summed E-state index contributed by atoms with van der Waals surface area (Å²) in [5.41, 5.74) is 0. The van der Waals surface area contributed by atoms with E-state index in [0.717, 1.165) is 18.7 Å². The number of ether oxygens (including phenoxy) is 1. The Balaban J connectivity index is 3.95. The van der Waals surface area contributed by atoms with Crippen LogP contribution in [0.2, 0.25) is 0 Å².